The number of allylic oxidation sites excluding steroid dienone is 3. The van der Waals surface area contributed by atoms with Gasteiger partial charge in [-0.15, -0.1) is 0 Å². The predicted octanol–water partition coefficient (Wildman–Crippen LogP) is 4.61. The molecule has 3 heteroatoms. The average molecular weight is 286 g/mol. The Bertz CT molecular complexity index is 548. The number of rotatable bonds is 5. The third-order valence-electron chi connectivity index (χ3n) is 2.83. The first kappa shape index (κ1) is 16.2. The number of carbonyl (C=O) groups excluding carboxylic acids is 1. The SMILES string of the molecule is C=C/C(=C\c1ccccc1OC(=O)/C=C/C)[Si](C)(C)C. The van der Waals surface area contributed by atoms with E-state index in [4.69, 9.17) is 4.74 Å². The van der Waals surface area contributed by atoms with Crippen molar-refractivity contribution in [2.75, 3.05) is 0 Å². The van der Waals surface area contributed by atoms with Crippen LogP contribution in [0.3, 0.4) is 0 Å². The molecule has 0 aliphatic rings. The Morgan fingerprint density at radius 2 is 1.90 bits per heavy atom. The van der Waals surface area contributed by atoms with Crippen LogP contribution in [0.5, 0.6) is 5.75 Å². The minimum atomic E-state index is -1.46. The van der Waals surface area contributed by atoms with E-state index >= 15 is 0 Å². The standard InChI is InChI=1S/C17H22O2Si/c1-6-10-17(18)19-16-12-9-8-11-14(16)13-15(7-2)20(3,4)5/h6-13H,2H2,1,3-5H3/b10-6+,15-13+. The highest BCUT2D eigenvalue weighted by Crippen LogP contribution is 2.25. The molecule has 0 radical (unpaired) electrons. The molecule has 0 aromatic heterocycles. The van der Waals surface area contributed by atoms with E-state index in [1.54, 1.807) is 19.1 Å². The molecule has 0 unspecified atom stereocenters. The average Bonchev–Trinajstić information content (AvgIpc) is 2.36. The van der Waals surface area contributed by atoms with Gasteiger partial charge in [-0.2, -0.15) is 0 Å². The van der Waals surface area contributed by atoms with E-state index < -0.39 is 8.07 Å². The largest absolute Gasteiger partial charge is 0.423 e. The van der Waals surface area contributed by atoms with Gasteiger partial charge in [0.05, 0.1) is 8.07 Å². The molecule has 1 aromatic carbocycles. The van der Waals surface area contributed by atoms with Crippen molar-refractivity contribution in [3.63, 3.8) is 0 Å². The van der Waals surface area contributed by atoms with Crippen LogP contribution in [0.15, 0.2) is 54.3 Å². The van der Waals surface area contributed by atoms with Crippen LogP contribution in [0.25, 0.3) is 6.08 Å². The Labute approximate surface area is 122 Å². The van der Waals surface area contributed by atoms with Gasteiger partial charge < -0.3 is 4.74 Å². The first-order valence-electron chi connectivity index (χ1n) is 6.66. The molecule has 20 heavy (non-hydrogen) atoms. The molecule has 1 rings (SSSR count). The lowest BCUT2D eigenvalue weighted by molar-refractivity contribution is -0.129. The molecule has 106 valence electrons. The summed E-state index contributed by atoms with van der Waals surface area (Å²) in [6, 6.07) is 7.54. The van der Waals surface area contributed by atoms with E-state index in [2.05, 4.69) is 32.3 Å². The molecule has 0 saturated heterocycles. The number of hydrogen-bond acceptors (Lipinski definition) is 2. The van der Waals surface area contributed by atoms with Crippen LogP contribution in [0.1, 0.15) is 12.5 Å². The van der Waals surface area contributed by atoms with E-state index in [-0.39, 0.29) is 5.97 Å². The van der Waals surface area contributed by atoms with Crippen molar-refractivity contribution in [3.05, 3.63) is 59.8 Å². The van der Waals surface area contributed by atoms with Gasteiger partial charge in [0.25, 0.3) is 0 Å². The maximum atomic E-state index is 11.6. The summed E-state index contributed by atoms with van der Waals surface area (Å²) in [6.07, 6.45) is 7.04. The molecule has 0 bridgehead atoms. The molecule has 1 aromatic rings. The fourth-order valence-electron chi connectivity index (χ4n) is 1.72. The lowest BCUT2D eigenvalue weighted by atomic mass is 10.2. The second-order valence-corrected chi connectivity index (χ2v) is 10.6. The van der Waals surface area contributed by atoms with Crippen LogP contribution in [0, 0.1) is 0 Å². The van der Waals surface area contributed by atoms with Crippen molar-refractivity contribution in [3.8, 4) is 5.75 Å². The zero-order chi connectivity index (χ0) is 15.2. The summed E-state index contributed by atoms with van der Waals surface area (Å²) in [4.78, 5) is 11.6. The normalized spacial score (nSPS) is 12.5. The molecular formula is C17H22O2Si. The molecule has 2 nitrogen and oxygen atoms in total. The third kappa shape index (κ3) is 4.66. The van der Waals surface area contributed by atoms with Crippen LogP contribution in [0.2, 0.25) is 19.6 Å². The zero-order valence-electron chi connectivity index (χ0n) is 12.6. The van der Waals surface area contributed by atoms with Crippen LogP contribution in [-0.2, 0) is 4.79 Å². The number of benzene rings is 1. The van der Waals surface area contributed by atoms with Gasteiger partial charge in [-0.1, -0.05) is 67.8 Å². The number of ether oxygens (including phenoxy) is 1. The Balaban J connectivity index is 3.16. The van der Waals surface area contributed by atoms with Gasteiger partial charge in [-0.25, -0.2) is 4.79 Å². The van der Waals surface area contributed by atoms with E-state index in [0.717, 1.165) is 5.56 Å². The minimum absolute atomic E-state index is 0.360. The van der Waals surface area contributed by atoms with Crippen molar-refractivity contribution < 1.29 is 9.53 Å². The lowest BCUT2D eigenvalue weighted by Gasteiger charge is -2.18. The fourth-order valence-corrected chi connectivity index (χ4v) is 2.92. The maximum Gasteiger partial charge on any atom is 0.335 e. The van der Waals surface area contributed by atoms with E-state index in [1.807, 2.05) is 24.3 Å². The van der Waals surface area contributed by atoms with Gasteiger partial charge in [0.1, 0.15) is 5.75 Å². The second kappa shape index (κ2) is 7.06. The van der Waals surface area contributed by atoms with E-state index in [0.29, 0.717) is 5.75 Å². The number of para-hydroxylation sites is 1. The zero-order valence-corrected chi connectivity index (χ0v) is 13.6. The summed E-state index contributed by atoms with van der Waals surface area (Å²) in [5, 5.41) is 1.23. The first-order chi connectivity index (χ1) is 9.38. The highest BCUT2D eigenvalue weighted by molar-refractivity contribution is 6.84. The van der Waals surface area contributed by atoms with Crippen molar-refractivity contribution >= 4 is 20.1 Å². The molecule has 0 saturated carbocycles. The third-order valence-corrected chi connectivity index (χ3v) is 4.91. The monoisotopic (exact) mass is 286 g/mol. The molecule has 0 N–H and O–H groups in total. The van der Waals surface area contributed by atoms with Gasteiger partial charge >= 0.3 is 5.97 Å². The van der Waals surface area contributed by atoms with Gasteiger partial charge in [-0.3, -0.25) is 0 Å². The Kier molecular flexibility index (Phi) is 5.71. The minimum Gasteiger partial charge on any atom is -0.423 e. The molecule has 0 heterocycles. The Hall–Kier alpha value is -1.87. The van der Waals surface area contributed by atoms with Crippen LogP contribution in [-0.4, -0.2) is 14.0 Å². The Morgan fingerprint density at radius 3 is 2.45 bits per heavy atom. The summed E-state index contributed by atoms with van der Waals surface area (Å²) < 4.78 is 5.35. The second-order valence-electron chi connectivity index (χ2n) is 5.51. The quantitative estimate of drug-likeness (QED) is 0.260. The Morgan fingerprint density at radius 1 is 1.25 bits per heavy atom. The van der Waals surface area contributed by atoms with Crippen LogP contribution in [0.4, 0.5) is 0 Å². The summed E-state index contributed by atoms with van der Waals surface area (Å²) in [6.45, 7) is 12.5. The number of esters is 1. The molecule has 0 aliphatic heterocycles. The van der Waals surface area contributed by atoms with Crippen molar-refractivity contribution in [1.82, 2.24) is 0 Å². The number of carbonyl (C=O) groups is 1. The summed E-state index contributed by atoms with van der Waals surface area (Å²) in [5.41, 5.74) is 0.905. The molecule has 0 aliphatic carbocycles. The molecule has 0 atom stereocenters. The van der Waals surface area contributed by atoms with Crippen LogP contribution >= 0.6 is 0 Å². The lowest BCUT2D eigenvalue weighted by Crippen LogP contribution is -2.22. The predicted molar refractivity (Wildman–Crippen MR) is 88.4 cm³/mol. The summed E-state index contributed by atoms with van der Waals surface area (Å²) in [7, 11) is -1.46. The molecular weight excluding hydrogens is 264 g/mol. The van der Waals surface area contributed by atoms with Crippen molar-refractivity contribution in [2.45, 2.75) is 26.6 Å². The van der Waals surface area contributed by atoms with Gasteiger partial charge in [-0.05, 0) is 13.0 Å². The van der Waals surface area contributed by atoms with Crippen molar-refractivity contribution in [2.24, 2.45) is 0 Å². The van der Waals surface area contributed by atoms with Gasteiger partial charge in [0, 0.05) is 11.6 Å². The maximum absolute atomic E-state index is 11.6. The van der Waals surface area contributed by atoms with E-state index in [9.17, 15) is 4.79 Å². The van der Waals surface area contributed by atoms with E-state index in [1.165, 1.54) is 11.3 Å². The smallest absolute Gasteiger partial charge is 0.335 e. The van der Waals surface area contributed by atoms with Crippen molar-refractivity contribution in [1.29, 1.82) is 0 Å². The molecule has 0 spiro atoms. The summed E-state index contributed by atoms with van der Waals surface area (Å²) >= 11 is 0. The highest BCUT2D eigenvalue weighted by atomic mass is 28.3. The molecule has 0 amide bonds. The summed E-state index contributed by atoms with van der Waals surface area (Å²) in [5.74, 6) is 0.217. The molecule has 0 fully saturated rings. The number of hydrogen-bond donors (Lipinski definition) is 0. The first-order valence-corrected chi connectivity index (χ1v) is 10.2. The van der Waals surface area contributed by atoms with Gasteiger partial charge in [0.15, 0.2) is 0 Å². The van der Waals surface area contributed by atoms with Gasteiger partial charge in [0.2, 0.25) is 0 Å². The highest BCUT2D eigenvalue weighted by Gasteiger charge is 2.17. The topological polar surface area (TPSA) is 26.3 Å². The van der Waals surface area contributed by atoms with Crippen LogP contribution < -0.4 is 4.74 Å². The fraction of sp³-hybridized carbons (Fsp3) is 0.235.